The van der Waals surface area contributed by atoms with Gasteiger partial charge in [-0.05, 0) is 18.6 Å². The smallest absolute Gasteiger partial charge is 0.251 e. The maximum Gasteiger partial charge on any atom is 0.251 e. The van der Waals surface area contributed by atoms with E-state index in [1.807, 2.05) is 31.2 Å². The fourth-order valence-corrected chi connectivity index (χ4v) is 1.02. The van der Waals surface area contributed by atoms with Gasteiger partial charge in [-0.3, -0.25) is 4.79 Å². The minimum atomic E-state index is -0.193. The van der Waals surface area contributed by atoms with Gasteiger partial charge in [-0.15, -0.1) is 0 Å². The van der Waals surface area contributed by atoms with Crippen molar-refractivity contribution in [2.45, 2.75) is 6.92 Å². The number of hydrogen-bond acceptors (Lipinski definition) is 2. The van der Waals surface area contributed by atoms with Crippen molar-refractivity contribution in [2.75, 3.05) is 12.4 Å². The second-order valence-corrected chi connectivity index (χ2v) is 2.84. The summed E-state index contributed by atoms with van der Waals surface area (Å²) in [5.41, 5.74) is 1.85. The predicted octanol–water partition coefficient (Wildman–Crippen LogP) is 2.09. The molecule has 0 aliphatic carbocycles. The van der Waals surface area contributed by atoms with Crippen LogP contribution in [0.15, 0.2) is 36.6 Å². The average molecular weight is 191 g/mol. The van der Waals surface area contributed by atoms with Crippen molar-refractivity contribution >= 4 is 11.6 Å². The molecule has 0 aliphatic heterocycles. The van der Waals surface area contributed by atoms with Crippen molar-refractivity contribution in [1.82, 2.24) is 0 Å². The van der Waals surface area contributed by atoms with Crippen LogP contribution in [-0.2, 0) is 9.53 Å². The van der Waals surface area contributed by atoms with Gasteiger partial charge < -0.3 is 10.1 Å². The van der Waals surface area contributed by atoms with Gasteiger partial charge in [-0.25, -0.2) is 0 Å². The number of ether oxygens (including phenoxy) is 1. The number of rotatable bonds is 3. The molecule has 0 saturated carbocycles. The van der Waals surface area contributed by atoms with Gasteiger partial charge in [0.2, 0.25) is 0 Å². The summed E-state index contributed by atoms with van der Waals surface area (Å²) in [6.07, 6.45) is 2.68. The molecule has 1 aromatic rings. The lowest BCUT2D eigenvalue weighted by Gasteiger charge is -2.04. The van der Waals surface area contributed by atoms with E-state index in [0.29, 0.717) is 0 Å². The van der Waals surface area contributed by atoms with Crippen molar-refractivity contribution in [3.05, 3.63) is 42.2 Å². The zero-order chi connectivity index (χ0) is 10.4. The Balaban J connectivity index is 2.65. The quantitative estimate of drug-likeness (QED) is 0.587. The Morgan fingerprint density at radius 1 is 1.43 bits per heavy atom. The normalized spacial score (nSPS) is 10.1. The third-order valence-corrected chi connectivity index (χ3v) is 1.76. The second kappa shape index (κ2) is 5.07. The standard InChI is InChI=1S/C11H13NO2/c1-9-5-3-4-6-10(9)12-11(13)7-8-14-2/h3-8H,1-2H3,(H,12,13)/b8-7+. The first kappa shape index (κ1) is 10.3. The maximum atomic E-state index is 11.2. The van der Waals surface area contributed by atoms with Gasteiger partial charge >= 0.3 is 0 Å². The first-order valence-corrected chi connectivity index (χ1v) is 4.30. The van der Waals surface area contributed by atoms with Crippen LogP contribution in [0.5, 0.6) is 0 Å². The molecule has 0 radical (unpaired) electrons. The van der Waals surface area contributed by atoms with Crippen LogP contribution >= 0.6 is 0 Å². The number of nitrogens with one attached hydrogen (secondary N) is 1. The van der Waals surface area contributed by atoms with Gasteiger partial charge in [0.05, 0.1) is 13.4 Å². The summed E-state index contributed by atoms with van der Waals surface area (Å²) < 4.78 is 4.64. The number of amides is 1. The van der Waals surface area contributed by atoms with E-state index >= 15 is 0 Å². The zero-order valence-corrected chi connectivity index (χ0v) is 8.28. The van der Waals surface area contributed by atoms with Gasteiger partial charge in [-0.1, -0.05) is 18.2 Å². The van der Waals surface area contributed by atoms with Gasteiger partial charge in [0.1, 0.15) is 0 Å². The first-order valence-electron chi connectivity index (χ1n) is 4.30. The number of carbonyl (C=O) groups excluding carboxylic acids is 1. The van der Waals surface area contributed by atoms with Gasteiger partial charge in [0, 0.05) is 11.8 Å². The minimum absolute atomic E-state index is 0.193. The molecule has 74 valence electrons. The van der Waals surface area contributed by atoms with Crippen LogP contribution in [0.3, 0.4) is 0 Å². The average Bonchev–Trinajstić information content (AvgIpc) is 2.18. The van der Waals surface area contributed by atoms with Gasteiger partial charge in [0.25, 0.3) is 5.91 Å². The Hall–Kier alpha value is -1.77. The van der Waals surface area contributed by atoms with Crippen LogP contribution in [-0.4, -0.2) is 13.0 Å². The zero-order valence-electron chi connectivity index (χ0n) is 8.28. The van der Waals surface area contributed by atoms with Gasteiger partial charge in [-0.2, -0.15) is 0 Å². The molecule has 0 bridgehead atoms. The number of aryl methyl sites for hydroxylation is 1. The summed E-state index contributed by atoms with van der Waals surface area (Å²) >= 11 is 0. The fraction of sp³-hybridized carbons (Fsp3) is 0.182. The number of anilines is 1. The molecule has 0 heterocycles. The van der Waals surface area contributed by atoms with E-state index in [4.69, 9.17) is 0 Å². The lowest BCUT2D eigenvalue weighted by molar-refractivity contribution is -0.112. The lowest BCUT2D eigenvalue weighted by Crippen LogP contribution is -2.08. The summed E-state index contributed by atoms with van der Waals surface area (Å²) in [6, 6.07) is 7.60. The molecule has 14 heavy (non-hydrogen) atoms. The summed E-state index contributed by atoms with van der Waals surface area (Å²) in [7, 11) is 1.50. The van der Waals surface area contributed by atoms with Crippen molar-refractivity contribution < 1.29 is 9.53 Å². The highest BCUT2D eigenvalue weighted by molar-refractivity contribution is 5.99. The molecule has 0 fully saturated rings. The Morgan fingerprint density at radius 3 is 2.79 bits per heavy atom. The highest BCUT2D eigenvalue weighted by atomic mass is 16.5. The van der Waals surface area contributed by atoms with Crippen LogP contribution in [0.2, 0.25) is 0 Å². The third kappa shape index (κ3) is 2.94. The van der Waals surface area contributed by atoms with E-state index in [0.717, 1.165) is 11.3 Å². The molecule has 0 aromatic heterocycles. The molecular formula is C11H13NO2. The molecule has 3 nitrogen and oxygen atoms in total. The monoisotopic (exact) mass is 191 g/mol. The van der Waals surface area contributed by atoms with Crippen molar-refractivity contribution in [2.24, 2.45) is 0 Å². The van der Waals surface area contributed by atoms with Crippen LogP contribution in [0.1, 0.15) is 5.56 Å². The number of hydrogen-bond donors (Lipinski definition) is 1. The fourth-order valence-electron chi connectivity index (χ4n) is 1.02. The first-order chi connectivity index (χ1) is 6.74. The molecule has 0 unspecified atom stereocenters. The molecule has 3 heteroatoms. The van der Waals surface area contributed by atoms with Crippen molar-refractivity contribution in [3.63, 3.8) is 0 Å². The topological polar surface area (TPSA) is 38.3 Å². The largest absolute Gasteiger partial charge is 0.504 e. The molecular weight excluding hydrogens is 178 g/mol. The molecule has 0 aliphatic rings. The highest BCUT2D eigenvalue weighted by Gasteiger charge is 1.99. The summed E-state index contributed by atoms with van der Waals surface area (Å²) in [4.78, 5) is 11.2. The van der Waals surface area contributed by atoms with Crippen LogP contribution < -0.4 is 5.32 Å². The Labute approximate surface area is 83.4 Å². The number of benzene rings is 1. The van der Waals surface area contributed by atoms with E-state index in [9.17, 15) is 4.79 Å². The Bertz CT molecular complexity index is 345. The van der Waals surface area contributed by atoms with Crippen LogP contribution in [0, 0.1) is 6.92 Å². The van der Waals surface area contributed by atoms with Crippen LogP contribution in [0.4, 0.5) is 5.69 Å². The molecule has 1 N–H and O–H groups in total. The summed E-state index contributed by atoms with van der Waals surface area (Å²) in [5, 5.41) is 2.74. The Kier molecular flexibility index (Phi) is 3.73. The van der Waals surface area contributed by atoms with E-state index < -0.39 is 0 Å². The molecule has 1 rings (SSSR count). The third-order valence-electron chi connectivity index (χ3n) is 1.76. The number of para-hydroxylation sites is 1. The molecule has 0 saturated heterocycles. The van der Waals surface area contributed by atoms with E-state index in [2.05, 4.69) is 10.1 Å². The minimum Gasteiger partial charge on any atom is -0.504 e. The number of methoxy groups -OCH3 is 1. The SMILES string of the molecule is CO/C=C/C(=O)Nc1ccccc1C. The van der Waals surface area contributed by atoms with E-state index in [-0.39, 0.29) is 5.91 Å². The summed E-state index contributed by atoms with van der Waals surface area (Å²) in [5.74, 6) is -0.193. The molecule has 0 atom stereocenters. The predicted molar refractivity (Wildman–Crippen MR) is 56.0 cm³/mol. The highest BCUT2D eigenvalue weighted by Crippen LogP contribution is 2.12. The number of carbonyl (C=O) groups is 1. The molecule has 0 spiro atoms. The van der Waals surface area contributed by atoms with E-state index in [1.165, 1.54) is 19.4 Å². The maximum absolute atomic E-state index is 11.2. The van der Waals surface area contributed by atoms with E-state index in [1.54, 1.807) is 0 Å². The lowest BCUT2D eigenvalue weighted by atomic mass is 10.2. The van der Waals surface area contributed by atoms with Gasteiger partial charge in [0.15, 0.2) is 0 Å². The molecule has 1 amide bonds. The van der Waals surface area contributed by atoms with Crippen molar-refractivity contribution in [1.29, 1.82) is 0 Å². The Morgan fingerprint density at radius 2 is 2.14 bits per heavy atom. The second-order valence-electron chi connectivity index (χ2n) is 2.84. The molecule has 1 aromatic carbocycles. The summed E-state index contributed by atoms with van der Waals surface area (Å²) in [6.45, 7) is 1.94. The van der Waals surface area contributed by atoms with Crippen LogP contribution in [0.25, 0.3) is 0 Å². The van der Waals surface area contributed by atoms with Crippen molar-refractivity contribution in [3.8, 4) is 0 Å².